The molecule has 1 atom stereocenters. The summed E-state index contributed by atoms with van der Waals surface area (Å²) in [7, 11) is 0. The van der Waals surface area contributed by atoms with E-state index < -0.39 is 18.0 Å². The molecule has 0 saturated carbocycles. The second-order valence-corrected chi connectivity index (χ2v) is 6.76. The molecule has 30 heavy (non-hydrogen) atoms. The van der Waals surface area contributed by atoms with Crippen molar-refractivity contribution in [3.8, 4) is 11.3 Å². The number of hydrogen-bond acceptors (Lipinski definition) is 6. The highest BCUT2D eigenvalue weighted by atomic mass is 19.1. The molecule has 1 aliphatic rings. The maximum absolute atomic E-state index is 14.7. The average Bonchev–Trinajstić information content (AvgIpc) is 3.04. The molecule has 7 nitrogen and oxygen atoms in total. The molecule has 0 aliphatic carbocycles. The SMILES string of the molecule is NC[C@H]1CN(c2ccc(Nc3cccc(-c4ccccn4)cc3=O)c(F)c2)C(=O)O1. The fourth-order valence-electron chi connectivity index (χ4n) is 3.17. The van der Waals surface area contributed by atoms with Gasteiger partial charge in [-0.1, -0.05) is 18.2 Å². The fraction of sp³-hybridized carbons (Fsp3) is 0.136. The van der Waals surface area contributed by atoms with Crippen LogP contribution < -0.4 is 21.4 Å². The number of carbonyl (C=O) groups excluding carboxylic acids is 1. The highest BCUT2D eigenvalue weighted by Crippen LogP contribution is 2.27. The summed E-state index contributed by atoms with van der Waals surface area (Å²) in [4.78, 5) is 30.1. The standard InChI is InChI=1S/C22H19FN4O3/c23-17-11-15(27-13-16(12-24)30-22(27)29)7-8-19(17)26-20-6-3-4-14(10-21(20)28)18-5-1-2-9-25-18/h1-11,16H,12-13,24H2,(H,26,28)/t16-/m0/s1. The Balaban J connectivity index is 1.58. The van der Waals surface area contributed by atoms with Gasteiger partial charge in [0.15, 0.2) is 0 Å². The number of hydrogen-bond donors (Lipinski definition) is 2. The summed E-state index contributed by atoms with van der Waals surface area (Å²) in [5.41, 5.74) is 7.23. The van der Waals surface area contributed by atoms with E-state index in [1.165, 1.54) is 23.1 Å². The molecule has 0 unspecified atom stereocenters. The molecule has 3 N–H and O–H groups in total. The summed E-state index contributed by atoms with van der Waals surface area (Å²) < 4.78 is 19.8. The lowest BCUT2D eigenvalue weighted by molar-refractivity contribution is 0.145. The van der Waals surface area contributed by atoms with Crippen molar-refractivity contribution in [3.63, 3.8) is 0 Å². The molecule has 152 valence electrons. The molecule has 1 aliphatic heterocycles. The molecular weight excluding hydrogens is 387 g/mol. The van der Waals surface area contributed by atoms with Gasteiger partial charge in [0.05, 0.1) is 29.3 Å². The molecule has 1 fully saturated rings. The van der Waals surface area contributed by atoms with Gasteiger partial charge in [-0.15, -0.1) is 0 Å². The van der Waals surface area contributed by atoms with E-state index in [9.17, 15) is 14.0 Å². The zero-order valence-corrected chi connectivity index (χ0v) is 15.9. The van der Waals surface area contributed by atoms with Crippen molar-refractivity contribution >= 4 is 23.2 Å². The number of aromatic nitrogens is 1. The molecule has 3 aromatic rings. The van der Waals surface area contributed by atoms with Crippen molar-refractivity contribution in [3.05, 3.63) is 82.9 Å². The monoisotopic (exact) mass is 406 g/mol. The number of rotatable bonds is 5. The Kier molecular flexibility index (Phi) is 5.40. The molecule has 0 spiro atoms. The van der Waals surface area contributed by atoms with Crippen molar-refractivity contribution < 1.29 is 13.9 Å². The predicted molar refractivity (Wildman–Crippen MR) is 112 cm³/mol. The Morgan fingerprint density at radius 3 is 2.67 bits per heavy atom. The number of halogens is 1. The average molecular weight is 406 g/mol. The van der Waals surface area contributed by atoms with Crippen LogP contribution in [-0.4, -0.2) is 30.3 Å². The Morgan fingerprint density at radius 2 is 1.97 bits per heavy atom. The number of carbonyl (C=O) groups is 1. The topological polar surface area (TPSA) is 97.5 Å². The Bertz CT molecular complexity index is 1140. The van der Waals surface area contributed by atoms with Crippen LogP contribution >= 0.6 is 0 Å². The number of benzene rings is 1. The first-order valence-electron chi connectivity index (χ1n) is 9.36. The third-order valence-electron chi connectivity index (χ3n) is 4.72. The van der Waals surface area contributed by atoms with Gasteiger partial charge in [-0.05, 0) is 42.5 Å². The summed E-state index contributed by atoms with van der Waals surface area (Å²) in [6, 6.07) is 16.2. The van der Waals surface area contributed by atoms with Crippen LogP contribution in [0.1, 0.15) is 0 Å². The molecule has 8 heteroatoms. The molecular formula is C22H19FN4O3. The van der Waals surface area contributed by atoms with Crippen LogP contribution in [0.4, 0.5) is 26.2 Å². The van der Waals surface area contributed by atoms with E-state index in [4.69, 9.17) is 10.5 Å². The normalized spacial score (nSPS) is 15.7. The van der Waals surface area contributed by atoms with Gasteiger partial charge in [-0.25, -0.2) is 9.18 Å². The van der Waals surface area contributed by atoms with Gasteiger partial charge < -0.3 is 15.8 Å². The predicted octanol–water partition coefficient (Wildman–Crippen LogP) is 3.28. The number of ether oxygens (including phenoxy) is 1. The van der Waals surface area contributed by atoms with Gasteiger partial charge in [0.1, 0.15) is 11.9 Å². The third-order valence-corrected chi connectivity index (χ3v) is 4.72. The first-order valence-corrected chi connectivity index (χ1v) is 9.36. The van der Waals surface area contributed by atoms with Crippen LogP contribution in [-0.2, 0) is 4.74 Å². The van der Waals surface area contributed by atoms with E-state index in [2.05, 4.69) is 10.3 Å². The van der Waals surface area contributed by atoms with Crippen LogP contribution in [0.2, 0.25) is 0 Å². The number of nitrogens with one attached hydrogen (secondary N) is 1. The molecule has 1 saturated heterocycles. The van der Waals surface area contributed by atoms with Crippen LogP contribution in [0.25, 0.3) is 11.3 Å². The zero-order chi connectivity index (χ0) is 21.1. The number of pyridine rings is 1. The van der Waals surface area contributed by atoms with Crippen LogP contribution in [0.5, 0.6) is 0 Å². The smallest absolute Gasteiger partial charge is 0.414 e. The van der Waals surface area contributed by atoms with Crippen molar-refractivity contribution in [1.29, 1.82) is 0 Å². The molecule has 0 bridgehead atoms. The summed E-state index contributed by atoms with van der Waals surface area (Å²) in [6.07, 6.45) is 0.665. The number of anilines is 3. The lowest BCUT2D eigenvalue weighted by atomic mass is 10.2. The lowest BCUT2D eigenvalue weighted by Gasteiger charge is -2.14. The van der Waals surface area contributed by atoms with Crippen LogP contribution in [0, 0.1) is 5.82 Å². The second-order valence-electron chi connectivity index (χ2n) is 6.76. The maximum atomic E-state index is 14.7. The number of amides is 1. The summed E-state index contributed by atoms with van der Waals surface area (Å²) in [6.45, 7) is 0.458. The van der Waals surface area contributed by atoms with E-state index in [0.717, 1.165) is 0 Å². The van der Waals surface area contributed by atoms with E-state index >= 15 is 0 Å². The number of cyclic esters (lactones) is 1. The molecule has 2 aromatic carbocycles. The van der Waals surface area contributed by atoms with Crippen LogP contribution in [0.15, 0.2) is 71.7 Å². The highest BCUT2D eigenvalue weighted by Gasteiger charge is 2.31. The summed E-state index contributed by atoms with van der Waals surface area (Å²) in [5.74, 6) is -0.604. The largest absolute Gasteiger partial charge is 0.443 e. The van der Waals surface area contributed by atoms with E-state index in [1.54, 1.807) is 42.6 Å². The van der Waals surface area contributed by atoms with Gasteiger partial charge in [-0.2, -0.15) is 0 Å². The lowest BCUT2D eigenvalue weighted by Crippen LogP contribution is -2.27. The van der Waals surface area contributed by atoms with E-state index in [1.807, 2.05) is 6.07 Å². The Labute approximate surface area is 171 Å². The van der Waals surface area contributed by atoms with Crippen LogP contribution in [0.3, 0.4) is 0 Å². The van der Waals surface area contributed by atoms with Gasteiger partial charge in [0.2, 0.25) is 5.43 Å². The minimum absolute atomic E-state index is 0.115. The quantitative estimate of drug-likeness (QED) is 0.675. The van der Waals surface area contributed by atoms with E-state index in [-0.39, 0.29) is 29.9 Å². The number of nitrogens with zero attached hydrogens (tertiary/aromatic N) is 2. The summed E-state index contributed by atoms with van der Waals surface area (Å²) in [5, 5.41) is 2.83. The van der Waals surface area contributed by atoms with Gasteiger partial charge in [0, 0.05) is 18.3 Å². The van der Waals surface area contributed by atoms with Gasteiger partial charge in [-0.3, -0.25) is 14.7 Å². The Morgan fingerprint density at radius 1 is 1.10 bits per heavy atom. The third kappa shape index (κ3) is 3.99. The molecule has 4 rings (SSSR count). The second kappa shape index (κ2) is 8.30. The van der Waals surface area contributed by atoms with Gasteiger partial charge >= 0.3 is 6.09 Å². The van der Waals surface area contributed by atoms with E-state index in [0.29, 0.717) is 16.9 Å². The van der Waals surface area contributed by atoms with Crippen molar-refractivity contribution in [2.45, 2.75) is 6.10 Å². The maximum Gasteiger partial charge on any atom is 0.414 e. The van der Waals surface area contributed by atoms with Gasteiger partial charge in [0.25, 0.3) is 0 Å². The van der Waals surface area contributed by atoms with Crippen molar-refractivity contribution in [1.82, 2.24) is 4.98 Å². The highest BCUT2D eigenvalue weighted by molar-refractivity contribution is 5.90. The van der Waals surface area contributed by atoms with Crippen molar-refractivity contribution in [2.75, 3.05) is 23.3 Å². The first kappa shape index (κ1) is 19.5. The molecule has 2 heterocycles. The first-order chi connectivity index (χ1) is 14.5. The summed E-state index contributed by atoms with van der Waals surface area (Å²) >= 11 is 0. The molecule has 0 radical (unpaired) electrons. The minimum Gasteiger partial charge on any atom is -0.443 e. The van der Waals surface area contributed by atoms with Crippen molar-refractivity contribution in [2.24, 2.45) is 5.73 Å². The number of nitrogens with two attached hydrogens (primary N) is 1. The molecule has 1 aromatic heterocycles. The fourth-order valence-corrected chi connectivity index (χ4v) is 3.17. The molecule has 1 amide bonds. The Hall–Kier alpha value is -3.78. The minimum atomic E-state index is -0.604. The zero-order valence-electron chi connectivity index (χ0n) is 15.9.